The van der Waals surface area contributed by atoms with Crippen LogP contribution in [0.5, 0.6) is 0 Å². The number of nitrogens with two attached hydrogens (primary N) is 1. The molecule has 1 unspecified atom stereocenters. The van der Waals surface area contributed by atoms with Crippen molar-refractivity contribution < 1.29 is 9.90 Å². The van der Waals surface area contributed by atoms with Gasteiger partial charge in [-0.2, -0.15) is 0 Å². The molecule has 0 saturated carbocycles. The highest BCUT2D eigenvalue weighted by Gasteiger charge is 2.22. The molecule has 0 aliphatic carbocycles. The topological polar surface area (TPSA) is 66.6 Å². The molecule has 3 N–H and O–H groups in total. The molecule has 0 radical (unpaired) electrons. The largest absolute Gasteiger partial charge is 0.396 e. The number of hydrogen-bond acceptors (Lipinski definition) is 3. The predicted octanol–water partition coefficient (Wildman–Crippen LogP) is 0.345. The zero-order valence-corrected chi connectivity index (χ0v) is 9.48. The molecule has 1 aliphatic heterocycles. The molecule has 88 valence electrons. The van der Waals surface area contributed by atoms with E-state index >= 15 is 0 Å². The van der Waals surface area contributed by atoms with Gasteiger partial charge in [-0.1, -0.05) is 6.92 Å². The summed E-state index contributed by atoms with van der Waals surface area (Å²) in [5.74, 6) is 0.551. The molecule has 0 aromatic heterocycles. The van der Waals surface area contributed by atoms with E-state index in [1.165, 1.54) is 0 Å². The van der Waals surface area contributed by atoms with Crippen molar-refractivity contribution in [3.05, 3.63) is 0 Å². The molecule has 0 spiro atoms. The highest BCUT2D eigenvalue weighted by atomic mass is 16.3. The van der Waals surface area contributed by atoms with Crippen LogP contribution < -0.4 is 5.73 Å². The molecule has 4 heteroatoms. The van der Waals surface area contributed by atoms with Crippen molar-refractivity contribution >= 4 is 5.91 Å². The monoisotopic (exact) mass is 214 g/mol. The second-order valence-electron chi connectivity index (χ2n) is 4.38. The molecule has 1 heterocycles. The number of nitrogens with zero attached hydrogens (tertiary/aromatic N) is 1. The lowest BCUT2D eigenvalue weighted by Gasteiger charge is -2.31. The van der Waals surface area contributed by atoms with Crippen molar-refractivity contribution in [2.24, 2.45) is 11.7 Å². The van der Waals surface area contributed by atoms with Gasteiger partial charge < -0.3 is 15.7 Å². The van der Waals surface area contributed by atoms with Crippen LogP contribution >= 0.6 is 0 Å². The Morgan fingerprint density at radius 1 is 1.53 bits per heavy atom. The summed E-state index contributed by atoms with van der Waals surface area (Å²) in [6, 6.07) is -0.00642. The second-order valence-corrected chi connectivity index (χ2v) is 4.38. The van der Waals surface area contributed by atoms with Crippen molar-refractivity contribution in [2.75, 3.05) is 19.7 Å². The number of amides is 1. The van der Waals surface area contributed by atoms with E-state index in [4.69, 9.17) is 10.8 Å². The maximum Gasteiger partial charge on any atom is 0.224 e. The van der Waals surface area contributed by atoms with E-state index in [1.54, 1.807) is 0 Å². The first-order valence-corrected chi connectivity index (χ1v) is 5.81. The molecule has 1 fully saturated rings. The summed E-state index contributed by atoms with van der Waals surface area (Å²) in [5.41, 5.74) is 5.75. The van der Waals surface area contributed by atoms with Gasteiger partial charge >= 0.3 is 0 Å². The fourth-order valence-corrected chi connectivity index (χ4v) is 1.86. The molecule has 1 rings (SSSR count). The smallest absolute Gasteiger partial charge is 0.224 e. The van der Waals surface area contributed by atoms with E-state index < -0.39 is 0 Å². The lowest BCUT2D eigenvalue weighted by atomic mass is 9.97. The third-order valence-corrected chi connectivity index (χ3v) is 3.19. The van der Waals surface area contributed by atoms with Gasteiger partial charge in [-0.05, 0) is 25.2 Å². The van der Waals surface area contributed by atoms with Crippen molar-refractivity contribution in [3.63, 3.8) is 0 Å². The van der Waals surface area contributed by atoms with E-state index in [1.807, 2.05) is 11.8 Å². The summed E-state index contributed by atoms with van der Waals surface area (Å²) < 4.78 is 0. The van der Waals surface area contributed by atoms with Crippen LogP contribution in [0.3, 0.4) is 0 Å². The van der Waals surface area contributed by atoms with Crippen LogP contribution in [0.25, 0.3) is 0 Å². The fourth-order valence-electron chi connectivity index (χ4n) is 1.86. The number of aliphatic hydroxyl groups excluding tert-OH is 1. The third-order valence-electron chi connectivity index (χ3n) is 3.19. The minimum Gasteiger partial charge on any atom is -0.396 e. The molecule has 1 saturated heterocycles. The first-order valence-electron chi connectivity index (χ1n) is 5.81. The van der Waals surface area contributed by atoms with Crippen molar-refractivity contribution in [1.82, 2.24) is 4.90 Å². The summed E-state index contributed by atoms with van der Waals surface area (Å²) in [6.07, 6.45) is 3.15. The Morgan fingerprint density at radius 2 is 2.13 bits per heavy atom. The first kappa shape index (κ1) is 12.5. The Morgan fingerprint density at radius 3 is 2.60 bits per heavy atom. The van der Waals surface area contributed by atoms with Crippen LogP contribution in [0.2, 0.25) is 0 Å². The van der Waals surface area contributed by atoms with Crippen LogP contribution in [0.4, 0.5) is 0 Å². The molecule has 0 bridgehead atoms. The maximum absolute atomic E-state index is 11.7. The number of rotatable bonds is 4. The Labute approximate surface area is 91.4 Å². The Hall–Kier alpha value is -0.610. The van der Waals surface area contributed by atoms with E-state index in [0.717, 1.165) is 32.4 Å². The average molecular weight is 214 g/mol. The quantitative estimate of drug-likeness (QED) is 0.709. The van der Waals surface area contributed by atoms with Crippen LogP contribution in [0.1, 0.15) is 32.6 Å². The van der Waals surface area contributed by atoms with Gasteiger partial charge in [0.15, 0.2) is 0 Å². The maximum atomic E-state index is 11.7. The molecule has 4 nitrogen and oxygen atoms in total. The van der Waals surface area contributed by atoms with Gasteiger partial charge in [0.25, 0.3) is 0 Å². The van der Waals surface area contributed by atoms with Crippen molar-refractivity contribution in [3.8, 4) is 0 Å². The first-order chi connectivity index (χ1) is 7.17. The Bertz CT molecular complexity index is 201. The number of carbonyl (C=O) groups is 1. The lowest BCUT2D eigenvalue weighted by Crippen LogP contribution is -2.41. The Kier molecular flexibility index (Phi) is 5.05. The van der Waals surface area contributed by atoms with Crippen LogP contribution in [-0.2, 0) is 4.79 Å². The summed E-state index contributed by atoms with van der Waals surface area (Å²) in [4.78, 5) is 13.6. The number of carbonyl (C=O) groups excluding carboxylic acids is 1. The third kappa shape index (κ3) is 3.80. The SMILES string of the molecule is CCC(N)CC(=O)N1CCC(CO)CC1. The van der Waals surface area contributed by atoms with Gasteiger partial charge in [0.2, 0.25) is 5.91 Å². The van der Waals surface area contributed by atoms with Crippen LogP contribution in [0, 0.1) is 5.92 Å². The van der Waals surface area contributed by atoms with E-state index in [-0.39, 0.29) is 18.6 Å². The van der Waals surface area contributed by atoms with Gasteiger partial charge in [-0.3, -0.25) is 4.79 Å². The zero-order valence-electron chi connectivity index (χ0n) is 9.48. The molecule has 0 aromatic carbocycles. The number of aliphatic hydroxyl groups is 1. The lowest BCUT2D eigenvalue weighted by molar-refractivity contribution is -0.133. The fraction of sp³-hybridized carbons (Fsp3) is 0.909. The minimum absolute atomic E-state index is 0.00642. The van der Waals surface area contributed by atoms with Crippen molar-refractivity contribution in [2.45, 2.75) is 38.6 Å². The molecule has 1 atom stereocenters. The normalized spacial score (nSPS) is 20.3. The van der Waals surface area contributed by atoms with Gasteiger partial charge in [0.05, 0.1) is 0 Å². The molecule has 15 heavy (non-hydrogen) atoms. The summed E-state index contributed by atoms with van der Waals surface area (Å²) in [5, 5.41) is 8.98. The van der Waals surface area contributed by atoms with Gasteiger partial charge in [0, 0.05) is 32.2 Å². The van der Waals surface area contributed by atoms with Gasteiger partial charge in [-0.25, -0.2) is 0 Å². The standard InChI is InChI=1S/C11H22N2O2/c1-2-10(12)7-11(15)13-5-3-9(8-14)4-6-13/h9-10,14H,2-8,12H2,1H3. The minimum atomic E-state index is -0.00642. The molecular weight excluding hydrogens is 192 g/mol. The Balaban J connectivity index is 2.30. The number of hydrogen-bond donors (Lipinski definition) is 2. The summed E-state index contributed by atoms with van der Waals surface area (Å²) in [6.45, 7) is 3.80. The average Bonchev–Trinajstić information content (AvgIpc) is 2.29. The second kappa shape index (κ2) is 6.08. The van der Waals surface area contributed by atoms with E-state index in [2.05, 4.69) is 0 Å². The number of piperidine rings is 1. The number of likely N-dealkylation sites (tertiary alicyclic amines) is 1. The van der Waals surface area contributed by atoms with E-state index in [9.17, 15) is 4.79 Å². The van der Waals surface area contributed by atoms with Crippen molar-refractivity contribution in [1.29, 1.82) is 0 Å². The zero-order chi connectivity index (χ0) is 11.3. The van der Waals surface area contributed by atoms with Crippen LogP contribution in [0.15, 0.2) is 0 Å². The van der Waals surface area contributed by atoms with E-state index in [0.29, 0.717) is 12.3 Å². The highest BCUT2D eigenvalue weighted by molar-refractivity contribution is 5.76. The molecule has 1 aliphatic rings. The molecule has 0 aromatic rings. The summed E-state index contributed by atoms with van der Waals surface area (Å²) >= 11 is 0. The summed E-state index contributed by atoms with van der Waals surface area (Å²) in [7, 11) is 0. The highest BCUT2D eigenvalue weighted by Crippen LogP contribution is 2.17. The van der Waals surface area contributed by atoms with Crippen LogP contribution in [-0.4, -0.2) is 41.7 Å². The molecule has 1 amide bonds. The predicted molar refractivity (Wildman–Crippen MR) is 59.3 cm³/mol. The molecular formula is C11H22N2O2. The van der Waals surface area contributed by atoms with Gasteiger partial charge in [-0.15, -0.1) is 0 Å². The van der Waals surface area contributed by atoms with Gasteiger partial charge in [0.1, 0.15) is 0 Å².